The smallest absolute Gasteiger partial charge is 0.0161 e. The Labute approximate surface area is 73.6 Å². The molecule has 0 spiro atoms. The summed E-state index contributed by atoms with van der Waals surface area (Å²) in [6.45, 7) is 2.86. The molecule has 0 saturated heterocycles. The summed E-state index contributed by atoms with van der Waals surface area (Å²) in [7, 11) is 0. The maximum Gasteiger partial charge on any atom is 0.0161 e. The fourth-order valence-corrected chi connectivity index (χ4v) is 2.11. The maximum atomic E-state index is 5.50. The first kappa shape index (κ1) is 7.81. The van der Waals surface area contributed by atoms with Crippen LogP contribution in [0.25, 0.3) is 0 Å². The molecule has 0 bridgehead atoms. The minimum Gasteiger partial charge on any atom is -0.327 e. The van der Waals surface area contributed by atoms with Crippen molar-refractivity contribution in [1.82, 2.24) is 0 Å². The van der Waals surface area contributed by atoms with Crippen LogP contribution in [0.2, 0.25) is 0 Å². The molecule has 64 valence electrons. The van der Waals surface area contributed by atoms with Crippen LogP contribution in [0.3, 0.4) is 0 Å². The molecule has 2 aliphatic carbocycles. The fourth-order valence-electron chi connectivity index (χ4n) is 2.11. The van der Waals surface area contributed by atoms with Gasteiger partial charge in [0.1, 0.15) is 0 Å². The molecule has 1 saturated carbocycles. The Morgan fingerprint density at radius 3 is 3.17 bits per heavy atom. The Morgan fingerprint density at radius 1 is 1.67 bits per heavy atom. The third-order valence-corrected chi connectivity index (χ3v) is 3.07. The van der Waals surface area contributed by atoms with E-state index in [2.05, 4.69) is 37.3 Å². The number of allylic oxidation sites excluding steroid dienone is 5. The number of nitrogens with two attached hydrogens (primary N) is 1. The van der Waals surface area contributed by atoms with E-state index in [0.717, 1.165) is 5.92 Å². The highest BCUT2D eigenvalue weighted by atomic mass is 14.6. The van der Waals surface area contributed by atoms with E-state index in [1.54, 1.807) is 0 Å². The number of fused-ring (bicyclic) bond motifs is 1. The normalized spacial score (nSPS) is 38.2. The summed E-state index contributed by atoms with van der Waals surface area (Å²) in [6, 6.07) is 0. The predicted octanol–water partition coefficient (Wildman–Crippen LogP) is 2.02. The molecule has 0 radical (unpaired) electrons. The van der Waals surface area contributed by atoms with Crippen LogP contribution in [-0.4, -0.2) is 6.54 Å². The van der Waals surface area contributed by atoms with E-state index in [1.807, 2.05) is 0 Å². The molecule has 2 unspecified atom stereocenters. The Morgan fingerprint density at radius 2 is 2.50 bits per heavy atom. The number of hydrogen-bond acceptors (Lipinski definition) is 1. The average Bonchev–Trinajstić information content (AvgIpc) is 2.79. The molecule has 2 aliphatic rings. The van der Waals surface area contributed by atoms with Gasteiger partial charge < -0.3 is 5.73 Å². The third-order valence-electron chi connectivity index (χ3n) is 3.07. The topological polar surface area (TPSA) is 26.0 Å². The Kier molecular flexibility index (Phi) is 1.69. The Hall–Kier alpha value is -0.820. The first-order valence-corrected chi connectivity index (χ1v) is 4.53. The predicted molar refractivity (Wildman–Crippen MR) is 51.6 cm³/mol. The molecule has 2 N–H and O–H groups in total. The monoisotopic (exact) mass is 161 g/mol. The summed E-state index contributed by atoms with van der Waals surface area (Å²) in [5.41, 5.74) is 7.30. The summed E-state index contributed by atoms with van der Waals surface area (Å²) in [4.78, 5) is 0. The van der Waals surface area contributed by atoms with E-state index >= 15 is 0 Å². The molecule has 1 heteroatoms. The molecule has 0 amide bonds. The number of hydrogen-bond donors (Lipinski definition) is 1. The molecular weight excluding hydrogens is 146 g/mol. The van der Waals surface area contributed by atoms with Crippen LogP contribution in [0.15, 0.2) is 36.0 Å². The van der Waals surface area contributed by atoms with Crippen molar-refractivity contribution in [3.8, 4) is 0 Å². The molecule has 2 rings (SSSR count). The highest BCUT2D eigenvalue weighted by Crippen LogP contribution is 2.60. The van der Waals surface area contributed by atoms with Crippen molar-refractivity contribution in [1.29, 1.82) is 0 Å². The standard InChI is InChI=1S/C11H15N/c1-9(5-7-12)11-6-3-2-4-10(11)8-11/h2-6,10H,7-8,12H2,1H3/b9-5-. The van der Waals surface area contributed by atoms with Crippen molar-refractivity contribution in [3.05, 3.63) is 36.0 Å². The zero-order valence-electron chi connectivity index (χ0n) is 7.46. The quantitative estimate of drug-likeness (QED) is 0.616. The lowest BCUT2D eigenvalue weighted by molar-refractivity contribution is 0.720. The van der Waals surface area contributed by atoms with Crippen molar-refractivity contribution in [2.45, 2.75) is 13.3 Å². The van der Waals surface area contributed by atoms with E-state index in [9.17, 15) is 0 Å². The van der Waals surface area contributed by atoms with Crippen LogP contribution >= 0.6 is 0 Å². The van der Waals surface area contributed by atoms with Gasteiger partial charge in [-0.25, -0.2) is 0 Å². The Bertz CT molecular complexity index is 273. The van der Waals surface area contributed by atoms with Gasteiger partial charge in [0.05, 0.1) is 0 Å². The second-order valence-corrected chi connectivity index (χ2v) is 3.72. The van der Waals surface area contributed by atoms with Gasteiger partial charge >= 0.3 is 0 Å². The van der Waals surface area contributed by atoms with Gasteiger partial charge in [-0.2, -0.15) is 0 Å². The summed E-state index contributed by atoms with van der Waals surface area (Å²) < 4.78 is 0. The van der Waals surface area contributed by atoms with Gasteiger partial charge in [-0.3, -0.25) is 0 Å². The lowest BCUT2D eigenvalue weighted by Crippen LogP contribution is -2.06. The first-order valence-electron chi connectivity index (χ1n) is 4.53. The molecule has 0 aromatic heterocycles. The SMILES string of the molecule is C/C(=C/CN)C12C=CC=CC1C2. The van der Waals surface area contributed by atoms with E-state index in [-0.39, 0.29) is 0 Å². The van der Waals surface area contributed by atoms with Gasteiger partial charge in [0.15, 0.2) is 0 Å². The highest BCUT2D eigenvalue weighted by molar-refractivity contribution is 5.39. The van der Waals surface area contributed by atoms with E-state index in [0.29, 0.717) is 12.0 Å². The molecule has 1 nitrogen and oxygen atoms in total. The second-order valence-electron chi connectivity index (χ2n) is 3.72. The van der Waals surface area contributed by atoms with Crippen molar-refractivity contribution in [2.24, 2.45) is 17.1 Å². The van der Waals surface area contributed by atoms with Crippen LogP contribution in [-0.2, 0) is 0 Å². The van der Waals surface area contributed by atoms with Gasteiger partial charge in [-0.1, -0.05) is 36.0 Å². The van der Waals surface area contributed by atoms with Gasteiger partial charge in [0.2, 0.25) is 0 Å². The van der Waals surface area contributed by atoms with Crippen molar-refractivity contribution >= 4 is 0 Å². The van der Waals surface area contributed by atoms with Crippen LogP contribution < -0.4 is 5.73 Å². The largest absolute Gasteiger partial charge is 0.327 e. The number of rotatable bonds is 2. The van der Waals surface area contributed by atoms with Crippen LogP contribution in [0.1, 0.15) is 13.3 Å². The molecule has 12 heavy (non-hydrogen) atoms. The fraction of sp³-hybridized carbons (Fsp3) is 0.455. The minimum absolute atomic E-state index is 0.369. The van der Waals surface area contributed by atoms with Crippen molar-refractivity contribution < 1.29 is 0 Å². The van der Waals surface area contributed by atoms with Gasteiger partial charge in [-0.05, 0) is 19.3 Å². The van der Waals surface area contributed by atoms with Gasteiger partial charge in [0, 0.05) is 12.0 Å². The molecule has 2 atom stereocenters. The van der Waals surface area contributed by atoms with E-state index in [4.69, 9.17) is 5.73 Å². The summed E-state index contributed by atoms with van der Waals surface area (Å²) in [6.07, 6.45) is 12.3. The van der Waals surface area contributed by atoms with Gasteiger partial charge in [0.25, 0.3) is 0 Å². The Balaban J connectivity index is 2.21. The van der Waals surface area contributed by atoms with Crippen molar-refractivity contribution in [2.75, 3.05) is 6.54 Å². The first-order chi connectivity index (χ1) is 5.79. The lowest BCUT2D eigenvalue weighted by Gasteiger charge is -2.14. The highest BCUT2D eigenvalue weighted by Gasteiger charge is 2.52. The van der Waals surface area contributed by atoms with Crippen LogP contribution in [0.5, 0.6) is 0 Å². The van der Waals surface area contributed by atoms with Crippen molar-refractivity contribution in [3.63, 3.8) is 0 Å². The maximum absolute atomic E-state index is 5.50. The minimum atomic E-state index is 0.369. The molecule has 1 fully saturated rings. The zero-order chi connectivity index (χ0) is 8.60. The second kappa shape index (κ2) is 2.60. The molecular formula is C11H15N. The third kappa shape index (κ3) is 0.969. The lowest BCUT2D eigenvalue weighted by atomic mass is 9.91. The zero-order valence-corrected chi connectivity index (χ0v) is 7.46. The van der Waals surface area contributed by atoms with E-state index in [1.165, 1.54) is 12.0 Å². The van der Waals surface area contributed by atoms with Gasteiger partial charge in [-0.15, -0.1) is 0 Å². The molecule has 0 aromatic rings. The molecule has 0 aromatic carbocycles. The van der Waals surface area contributed by atoms with E-state index < -0.39 is 0 Å². The summed E-state index contributed by atoms with van der Waals surface area (Å²) in [5.74, 6) is 0.755. The van der Waals surface area contributed by atoms with Crippen LogP contribution in [0, 0.1) is 11.3 Å². The van der Waals surface area contributed by atoms with Crippen LogP contribution in [0.4, 0.5) is 0 Å². The average molecular weight is 161 g/mol. The molecule has 0 heterocycles. The summed E-state index contributed by atoms with van der Waals surface area (Å²) in [5, 5.41) is 0. The summed E-state index contributed by atoms with van der Waals surface area (Å²) >= 11 is 0. The molecule has 0 aliphatic heterocycles.